The van der Waals surface area contributed by atoms with E-state index in [2.05, 4.69) is 36.4 Å². The fraction of sp³-hybridized carbons (Fsp3) is 0.222. The zero-order valence-electron chi connectivity index (χ0n) is 11.1. The second-order valence-corrected chi connectivity index (χ2v) is 5.74. The van der Waals surface area contributed by atoms with Crippen LogP contribution in [0.5, 0.6) is 0 Å². The van der Waals surface area contributed by atoms with Gasteiger partial charge in [-0.3, -0.25) is 0 Å². The highest BCUT2D eigenvalue weighted by Crippen LogP contribution is 2.34. The second kappa shape index (κ2) is 3.81. The van der Waals surface area contributed by atoms with Gasteiger partial charge in [-0.1, -0.05) is 12.1 Å². The number of ether oxygens (including phenoxy) is 2. The lowest BCUT2D eigenvalue weighted by molar-refractivity contribution is 0.134. The summed E-state index contributed by atoms with van der Waals surface area (Å²) in [6.07, 6.45) is 0. The lowest BCUT2D eigenvalue weighted by Gasteiger charge is -2.08. The maximum atomic E-state index is 5.55. The number of hydrogen-bond acceptors (Lipinski definition) is 2. The highest BCUT2D eigenvalue weighted by atomic mass is 16.5. The van der Waals surface area contributed by atoms with Gasteiger partial charge < -0.3 is 9.47 Å². The molecule has 98 valence electrons. The van der Waals surface area contributed by atoms with E-state index in [9.17, 15) is 0 Å². The molecule has 0 N–H and O–H groups in total. The van der Waals surface area contributed by atoms with Crippen LogP contribution in [-0.4, -0.2) is 0 Å². The molecule has 5 rings (SSSR count). The summed E-state index contributed by atoms with van der Waals surface area (Å²) in [6.45, 7) is 2.99. The van der Waals surface area contributed by atoms with Crippen molar-refractivity contribution in [3.05, 3.63) is 58.7 Å². The van der Waals surface area contributed by atoms with Crippen LogP contribution in [0.3, 0.4) is 0 Å². The maximum absolute atomic E-state index is 5.55. The zero-order valence-corrected chi connectivity index (χ0v) is 11.1. The van der Waals surface area contributed by atoms with Gasteiger partial charge in [0.05, 0.1) is 26.4 Å². The molecule has 0 spiro atoms. The van der Waals surface area contributed by atoms with Gasteiger partial charge in [-0.25, -0.2) is 0 Å². The van der Waals surface area contributed by atoms with Gasteiger partial charge in [0.25, 0.3) is 0 Å². The smallest absolute Gasteiger partial charge is 0.0725 e. The molecule has 0 unspecified atom stereocenters. The molecule has 0 saturated heterocycles. The van der Waals surface area contributed by atoms with Crippen LogP contribution in [0.2, 0.25) is 0 Å². The number of benzene rings is 3. The summed E-state index contributed by atoms with van der Waals surface area (Å²) >= 11 is 0. The van der Waals surface area contributed by atoms with Crippen molar-refractivity contribution in [3.63, 3.8) is 0 Å². The van der Waals surface area contributed by atoms with Gasteiger partial charge >= 0.3 is 0 Å². The van der Waals surface area contributed by atoms with Gasteiger partial charge in [-0.15, -0.1) is 0 Å². The van der Waals surface area contributed by atoms with E-state index in [1.165, 1.54) is 43.8 Å². The Morgan fingerprint density at radius 2 is 0.950 bits per heavy atom. The zero-order chi connectivity index (χ0) is 13.1. The molecule has 0 atom stereocenters. The highest BCUT2D eigenvalue weighted by molar-refractivity contribution is 6.08. The van der Waals surface area contributed by atoms with E-state index in [0.29, 0.717) is 0 Å². The van der Waals surface area contributed by atoms with Crippen LogP contribution in [-0.2, 0) is 35.9 Å². The minimum atomic E-state index is 0.746. The Morgan fingerprint density at radius 3 is 1.40 bits per heavy atom. The van der Waals surface area contributed by atoms with Crippen LogP contribution >= 0.6 is 0 Å². The van der Waals surface area contributed by atoms with E-state index < -0.39 is 0 Å². The van der Waals surface area contributed by atoms with Gasteiger partial charge in [-0.05, 0) is 68.1 Å². The normalized spacial score (nSPS) is 16.8. The van der Waals surface area contributed by atoms with Crippen molar-refractivity contribution in [2.75, 3.05) is 0 Å². The molecule has 0 aliphatic carbocycles. The van der Waals surface area contributed by atoms with Crippen molar-refractivity contribution in [2.24, 2.45) is 0 Å². The first-order valence-corrected chi connectivity index (χ1v) is 7.04. The molecule has 0 bridgehead atoms. The second-order valence-electron chi connectivity index (χ2n) is 5.74. The third-order valence-electron chi connectivity index (χ3n) is 4.51. The van der Waals surface area contributed by atoms with Crippen LogP contribution < -0.4 is 0 Å². The lowest BCUT2D eigenvalue weighted by Crippen LogP contribution is -1.87. The van der Waals surface area contributed by atoms with Crippen LogP contribution in [0, 0.1) is 0 Å². The van der Waals surface area contributed by atoms with Gasteiger partial charge in [0.1, 0.15) is 0 Å². The van der Waals surface area contributed by atoms with Crippen molar-refractivity contribution in [1.29, 1.82) is 0 Å². The van der Waals surface area contributed by atoms with Gasteiger partial charge in [0.15, 0.2) is 0 Å². The van der Waals surface area contributed by atoms with E-state index in [1.54, 1.807) is 0 Å². The summed E-state index contributed by atoms with van der Waals surface area (Å²) in [5, 5.41) is 5.28. The Morgan fingerprint density at radius 1 is 0.550 bits per heavy atom. The topological polar surface area (TPSA) is 18.5 Å². The first kappa shape index (κ1) is 10.8. The molecule has 2 nitrogen and oxygen atoms in total. The Bertz CT molecular complexity index is 792. The molecule has 0 amide bonds. The summed E-state index contributed by atoms with van der Waals surface area (Å²) in [7, 11) is 0. The first-order chi connectivity index (χ1) is 9.88. The first-order valence-electron chi connectivity index (χ1n) is 7.04. The monoisotopic (exact) mass is 262 g/mol. The fourth-order valence-electron chi connectivity index (χ4n) is 3.42. The summed E-state index contributed by atoms with van der Waals surface area (Å²) in [4.78, 5) is 0. The SMILES string of the molecule is c1cc2cc3c(cc2c2cc4c(cc12)COC4)COC3. The molecule has 0 fully saturated rings. The van der Waals surface area contributed by atoms with E-state index >= 15 is 0 Å². The number of rotatable bonds is 0. The molecule has 0 saturated carbocycles. The Labute approximate surface area is 116 Å². The number of hydrogen-bond donors (Lipinski definition) is 0. The van der Waals surface area contributed by atoms with Crippen LogP contribution in [0.1, 0.15) is 22.3 Å². The van der Waals surface area contributed by atoms with Gasteiger partial charge in [0.2, 0.25) is 0 Å². The van der Waals surface area contributed by atoms with Crippen LogP contribution in [0.4, 0.5) is 0 Å². The maximum Gasteiger partial charge on any atom is 0.0725 e. The molecule has 0 radical (unpaired) electrons. The lowest BCUT2D eigenvalue weighted by atomic mass is 9.95. The molecular weight excluding hydrogens is 248 g/mol. The van der Waals surface area contributed by atoms with E-state index in [1.807, 2.05) is 0 Å². The highest BCUT2D eigenvalue weighted by Gasteiger charge is 2.16. The third-order valence-corrected chi connectivity index (χ3v) is 4.51. The van der Waals surface area contributed by atoms with Crippen molar-refractivity contribution < 1.29 is 9.47 Å². The number of fused-ring (bicyclic) bond motifs is 5. The van der Waals surface area contributed by atoms with Crippen LogP contribution in [0.25, 0.3) is 21.5 Å². The largest absolute Gasteiger partial charge is 0.372 e. The molecular formula is C18H14O2. The van der Waals surface area contributed by atoms with Gasteiger partial charge in [0, 0.05) is 0 Å². The summed E-state index contributed by atoms with van der Waals surface area (Å²) in [6, 6.07) is 13.6. The summed E-state index contributed by atoms with van der Waals surface area (Å²) in [5.41, 5.74) is 5.34. The molecule has 3 aromatic carbocycles. The quantitative estimate of drug-likeness (QED) is 0.569. The minimum absolute atomic E-state index is 0.746. The van der Waals surface area contributed by atoms with Crippen molar-refractivity contribution in [2.45, 2.75) is 26.4 Å². The molecule has 2 aliphatic heterocycles. The predicted molar refractivity (Wildman–Crippen MR) is 78.4 cm³/mol. The molecule has 2 heteroatoms. The molecule has 2 aliphatic rings. The average Bonchev–Trinajstić information content (AvgIpc) is 3.10. The minimum Gasteiger partial charge on any atom is -0.372 e. The predicted octanol–water partition coefficient (Wildman–Crippen LogP) is 4.05. The third kappa shape index (κ3) is 1.41. The fourth-order valence-corrected chi connectivity index (χ4v) is 3.42. The summed E-state index contributed by atoms with van der Waals surface area (Å²) in [5.74, 6) is 0. The van der Waals surface area contributed by atoms with E-state index in [0.717, 1.165) is 26.4 Å². The van der Waals surface area contributed by atoms with E-state index in [4.69, 9.17) is 9.47 Å². The van der Waals surface area contributed by atoms with Crippen molar-refractivity contribution in [1.82, 2.24) is 0 Å². The Kier molecular flexibility index (Phi) is 2.07. The standard InChI is InChI=1S/C18H14O2/c1-2-12-4-14-8-20-10-16(14)6-18(12)17-5-15-9-19-7-13(15)3-11(1)17/h1-6H,7-10H2. The summed E-state index contributed by atoms with van der Waals surface area (Å²) < 4.78 is 11.1. The molecule has 0 aromatic heterocycles. The Hall–Kier alpha value is -1.90. The van der Waals surface area contributed by atoms with E-state index in [-0.39, 0.29) is 0 Å². The molecule has 3 aromatic rings. The molecule has 2 heterocycles. The van der Waals surface area contributed by atoms with Crippen LogP contribution in [0.15, 0.2) is 36.4 Å². The van der Waals surface area contributed by atoms with Crippen molar-refractivity contribution in [3.8, 4) is 0 Å². The van der Waals surface area contributed by atoms with Crippen molar-refractivity contribution >= 4 is 21.5 Å². The van der Waals surface area contributed by atoms with Gasteiger partial charge in [-0.2, -0.15) is 0 Å². The molecule has 20 heavy (non-hydrogen) atoms. The average molecular weight is 262 g/mol. The Balaban J connectivity index is 1.90.